The fraction of sp³-hybridized carbons (Fsp3) is 0.385. The highest BCUT2D eigenvalue weighted by molar-refractivity contribution is 6.41. The summed E-state index contributed by atoms with van der Waals surface area (Å²) in [7, 11) is 0. The van der Waals surface area contributed by atoms with Crippen LogP contribution in [0.3, 0.4) is 0 Å². The number of aliphatic hydroxyl groups excluding tert-OH is 1. The second-order valence-corrected chi connectivity index (χ2v) is 4.59. The molecule has 3 N–H and O–H groups in total. The number of benzene rings is 1. The molecule has 1 unspecified atom stereocenters. The van der Waals surface area contributed by atoms with E-state index in [1.165, 1.54) is 6.07 Å². The van der Waals surface area contributed by atoms with Gasteiger partial charge in [0.15, 0.2) is 0 Å². The molecular weight excluding hydrogens is 287 g/mol. The van der Waals surface area contributed by atoms with E-state index in [0.717, 1.165) is 12.1 Å². The third-order valence-electron chi connectivity index (χ3n) is 2.62. The minimum Gasteiger partial charge on any atom is -0.393 e. The molecule has 0 spiro atoms. The molecule has 20 heavy (non-hydrogen) atoms. The van der Waals surface area contributed by atoms with E-state index in [4.69, 9.17) is 11.6 Å². The third kappa shape index (κ3) is 5.14. The zero-order chi connectivity index (χ0) is 15.1. The molecule has 1 rings (SSSR count). The van der Waals surface area contributed by atoms with Gasteiger partial charge in [-0.05, 0) is 31.0 Å². The van der Waals surface area contributed by atoms with Crippen LogP contribution in [0.25, 0.3) is 0 Å². The van der Waals surface area contributed by atoms with Crippen LogP contribution >= 0.6 is 11.6 Å². The van der Waals surface area contributed by atoms with Gasteiger partial charge < -0.3 is 15.7 Å². The van der Waals surface area contributed by atoms with Crippen molar-refractivity contribution in [3.63, 3.8) is 0 Å². The molecule has 0 aliphatic rings. The Labute approximate surface area is 121 Å². The largest absolute Gasteiger partial charge is 0.393 e. The first-order valence-electron chi connectivity index (χ1n) is 6.16. The monoisotopic (exact) mass is 302 g/mol. The van der Waals surface area contributed by atoms with Gasteiger partial charge in [-0.1, -0.05) is 18.5 Å². The highest BCUT2D eigenvalue weighted by Gasteiger charge is 2.15. The molecule has 1 aromatic carbocycles. The van der Waals surface area contributed by atoms with Crippen LogP contribution in [0.2, 0.25) is 5.02 Å². The van der Waals surface area contributed by atoms with Crippen molar-refractivity contribution in [2.45, 2.75) is 25.9 Å². The first-order chi connectivity index (χ1) is 9.43. The van der Waals surface area contributed by atoms with Crippen LogP contribution in [0.1, 0.15) is 19.8 Å². The lowest BCUT2D eigenvalue weighted by molar-refractivity contribution is -0.136. The molecule has 5 nitrogen and oxygen atoms in total. The molecule has 0 aliphatic heterocycles. The Hall–Kier alpha value is -1.66. The molecule has 0 heterocycles. The number of aliphatic hydroxyl groups is 1. The summed E-state index contributed by atoms with van der Waals surface area (Å²) in [6.07, 6.45) is 0.435. The Morgan fingerprint density at radius 2 is 2.10 bits per heavy atom. The summed E-state index contributed by atoms with van der Waals surface area (Å²) in [4.78, 5) is 23.0. The highest BCUT2D eigenvalue weighted by atomic mass is 35.5. The van der Waals surface area contributed by atoms with E-state index in [0.29, 0.717) is 12.8 Å². The van der Waals surface area contributed by atoms with Gasteiger partial charge in [-0.3, -0.25) is 9.59 Å². The number of hydrogen-bond acceptors (Lipinski definition) is 3. The molecular formula is C13H16ClFN2O3. The maximum absolute atomic E-state index is 12.8. The number of carbonyl (C=O) groups is 2. The predicted octanol–water partition coefficient (Wildman–Crippen LogP) is 1.69. The Kier molecular flexibility index (Phi) is 6.41. The molecule has 0 radical (unpaired) electrons. The van der Waals surface area contributed by atoms with Crippen LogP contribution in [0.15, 0.2) is 18.2 Å². The predicted molar refractivity (Wildman–Crippen MR) is 74.0 cm³/mol. The molecule has 1 atom stereocenters. The van der Waals surface area contributed by atoms with Crippen molar-refractivity contribution in [1.29, 1.82) is 0 Å². The van der Waals surface area contributed by atoms with Gasteiger partial charge in [0, 0.05) is 6.54 Å². The number of nitrogens with one attached hydrogen (secondary N) is 2. The average molecular weight is 303 g/mol. The van der Waals surface area contributed by atoms with Gasteiger partial charge in [0.25, 0.3) is 0 Å². The highest BCUT2D eigenvalue weighted by Crippen LogP contribution is 2.22. The van der Waals surface area contributed by atoms with Crippen molar-refractivity contribution in [2.75, 3.05) is 11.9 Å². The molecule has 0 bridgehead atoms. The first-order valence-corrected chi connectivity index (χ1v) is 6.54. The molecule has 110 valence electrons. The fourth-order valence-corrected chi connectivity index (χ4v) is 1.62. The van der Waals surface area contributed by atoms with E-state index in [-0.39, 0.29) is 17.3 Å². The minimum atomic E-state index is -0.899. The summed E-state index contributed by atoms with van der Waals surface area (Å²) >= 11 is 5.72. The van der Waals surface area contributed by atoms with Gasteiger partial charge in [-0.25, -0.2) is 4.39 Å². The van der Waals surface area contributed by atoms with Crippen molar-refractivity contribution in [3.8, 4) is 0 Å². The van der Waals surface area contributed by atoms with Crippen molar-refractivity contribution in [1.82, 2.24) is 5.32 Å². The zero-order valence-electron chi connectivity index (χ0n) is 11.0. The Balaban J connectivity index is 2.47. The lowest BCUT2D eigenvalue weighted by atomic mass is 10.2. The number of anilines is 1. The van der Waals surface area contributed by atoms with Crippen molar-refractivity contribution in [3.05, 3.63) is 29.0 Å². The maximum Gasteiger partial charge on any atom is 0.313 e. The summed E-state index contributed by atoms with van der Waals surface area (Å²) in [5.74, 6) is -2.27. The average Bonchev–Trinajstić information content (AvgIpc) is 2.41. The quantitative estimate of drug-likeness (QED) is 0.724. The molecule has 0 saturated carbocycles. The van der Waals surface area contributed by atoms with Crippen molar-refractivity contribution >= 4 is 29.1 Å². The summed E-state index contributed by atoms with van der Waals surface area (Å²) in [6, 6.07) is 3.42. The van der Waals surface area contributed by atoms with Gasteiger partial charge >= 0.3 is 11.8 Å². The lowest BCUT2D eigenvalue weighted by Crippen LogP contribution is -2.36. The second kappa shape index (κ2) is 7.81. The molecule has 0 aromatic heterocycles. The van der Waals surface area contributed by atoms with Crippen LogP contribution in [0, 0.1) is 5.82 Å². The van der Waals surface area contributed by atoms with E-state index >= 15 is 0 Å². The van der Waals surface area contributed by atoms with Crippen LogP contribution in [-0.4, -0.2) is 29.6 Å². The van der Waals surface area contributed by atoms with Crippen LogP contribution in [0.5, 0.6) is 0 Å². The molecule has 0 aliphatic carbocycles. The number of amides is 2. The first kappa shape index (κ1) is 16.4. The van der Waals surface area contributed by atoms with Gasteiger partial charge in [-0.15, -0.1) is 0 Å². The van der Waals surface area contributed by atoms with E-state index in [1.54, 1.807) is 0 Å². The molecule has 2 amide bonds. The van der Waals surface area contributed by atoms with Gasteiger partial charge in [0.2, 0.25) is 0 Å². The van der Waals surface area contributed by atoms with E-state index in [9.17, 15) is 19.1 Å². The Bertz CT molecular complexity index is 497. The SMILES string of the molecule is CCC(O)CCNC(=O)C(=O)Nc1ccc(F)cc1Cl. The smallest absolute Gasteiger partial charge is 0.313 e. The van der Waals surface area contributed by atoms with Crippen molar-refractivity contribution in [2.24, 2.45) is 0 Å². The normalized spacial score (nSPS) is 11.8. The third-order valence-corrected chi connectivity index (χ3v) is 2.93. The number of carbonyl (C=O) groups excluding carboxylic acids is 2. The zero-order valence-corrected chi connectivity index (χ0v) is 11.7. The molecule has 7 heteroatoms. The number of halogens is 2. The summed E-state index contributed by atoms with van der Waals surface area (Å²) in [6.45, 7) is 2.01. The Morgan fingerprint density at radius 1 is 1.40 bits per heavy atom. The lowest BCUT2D eigenvalue weighted by Gasteiger charge is -2.09. The van der Waals surface area contributed by atoms with E-state index in [2.05, 4.69) is 10.6 Å². The van der Waals surface area contributed by atoms with Crippen LogP contribution in [-0.2, 0) is 9.59 Å². The minimum absolute atomic E-state index is 0.00700. The summed E-state index contributed by atoms with van der Waals surface area (Å²) < 4.78 is 12.8. The van der Waals surface area contributed by atoms with Gasteiger partial charge in [0.1, 0.15) is 5.82 Å². The molecule has 0 saturated heterocycles. The number of rotatable bonds is 5. The van der Waals surface area contributed by atoms with Crippen molar-refractivity contribution < 1.29 is 19.1 Å². The van der Waals surface area contributed by atoms with Gasteiger partial charge in [0.05, 0.1) is 16.8 Å². The maximum atomic E-state index is 12.8. The topological polar surface area (TPSA) is 78.4 Å². The van der Waals surface area contributed by atoms with E-state index in [1.807, 2.05) is 6.92 Å². The number of hydrogen-bond donors (Lipinski definition) is 3. The van der Waals surface area contributed by atoms with Crippen LogP contribution < -0.4 is 10.6 Å². The standard InChI is InChI=1S/C13H16ClFN2O3/c1-2-9(18)5-6-16-12(19)13(20)17-11-4-3-8(15)7-10(11)14/h3-4,7,9,18H,2,5-6H2,1H3,(H,16,19)(H,17,20). The van der Waals surface area contributed by atoms with E-state index < -0.39 is 23.7 Å². The Morgan fingerprint density at radius 3 is 2.70 bits per heavy atom. The molecule has 0 fully saturated rings. The summed E-state index contributed by atoms with van der Waals surface area (Å²) in [5.41, 5.74) is 0.154. The van der Waals surface area contributed by atoms with Crippen LogP contribution in [0.4, 0.5) is 10.1 Å². The molecule has 1 aromatic rings. The summed E-state index contributed by atoms with van der Waals surface area (Å²) in [5, 5.41) is 14.0. The fourth-order valence-electron chi connectivity index (χ4n) is 1.41. The second-order valence-electron chi connectivity index (χ2n) is 4.18. The van der Waals surface area contributed by atoms with Gasteiger partial charge in [-0.2, -0.15) is 0 Å².